The van der Waals surface area contributed by atoms with Crippen molar-refractivity contribution in [2.45, 2.75) is 0 Å². The summed E-state index contributed by atoms with van der Waals surface area (Å²) in [5.74, 6) is 0. The SMILES string of the molecule is OCC(CO)(CO)CBr. The van der Waals surface area contributed by atoms with E-state index < -0.39 is 5.41 Å². The fourth-order valence-corrected chi connectivity index (χ4v) is 0.809. The maximum absolute atomic E-state index is 8.63. The first-order valence-corrected chi connectivity index (χ1v) is 3.75. The maximum Gasteiger partial charge on any atom is 0.0539 e. The summed E-state index contributed by atoms with van der Waals surface area (Å²) in [6, 6.07) is 0. The van der Waals surface area contributed by atoms with E-state index in [-0.39, 0.29) is 19.8 Å². The van der Waals surface area contributed by atoms with Crippen LogP contribution in [0.5, 0.6) is 0 Å². The first-order chi connectivity index (χ1) is 4.24. The molecule has 0 bridgehead atoms. The summed E-state index contributed by atoms with van der Waals surface area (Å²) in [6.45, 7) is -0.609. The number of aliphatic hydroxyl groups is 3. The molecular formula is C5H11BrO3. The second-order valence-electron chi connectivity index (χ2n) is 2.11. The van der Waals surface area contributed by atoms with Crippen LogP contribution in [-0.2, 0) is 0 Å². The Balaban J connectivity index is 3.82. The highest BCUT2D eigenvalue weighted by molar-refractivity contribution is 9.09. The van der Waals surface area contributed by atoms with Crippen LogP contribution in [0.4, 0.5) is 0 Å². The van der Waals surface area contributed by atoms with Gasteiger partial charge in [-0.25, -0.2) is 0 Å². The first kappa shape index (κ1) is 9.36. The molecule has 0 aliphatic carbocycles. The lowest BCUT2D eigenvalue weighted by Gasteiger charge is -2.23. The van der Waals surface area contributed by atoms with Gasteiger partial charge < -0.3 is 15.3 Å². The predicted octanol–water partition coefficient (Wildman–Crippen LogP) is -0.655. The van der Waals surface area contributed by atoms with Gasteiger partial charge in [-0.05, 0) is 0 Å². The third-order valence-corrected chi connectivity index (χ3v) is 2.48. The number of halogens is 1. The van der Waals surface area contributed by atoms with Gasteiger partial charge in [0.2, 0.25) is 0 Å². The van der Waals surface area contributed by atoms with E-state index in [4.69, 9.17) is 15.3 Å². The van der Waals surface area contributed by atoms with Crippen LogP contribution in [-0.4, -0.2) is 40.5 Å². The predicted molar refractivity (Wildman–Crippen MR) is 37.5 cm³/mol. The van der Waals surface area contributed by atoms with Gasteiger partial charge in [-0.2, -0.15) is 0 Å². The zero-order chi connectivity index (χ0) is 7.33. The Morgan fingerprint density at radius 3 is 1.33 bits per heavy atom. The number of aliphatic hydroxyl groups excluding tert-OH is 3. The van der Waals surface area contributed by atoms with Gasteiger partial charge in [-0.3, -0.25) is 0 Å². The van der Waals surface area contributed by atoms with Crippen LogP contribution in [0.1, 0.15) is 0 Å². The highest BCUT2D eigenvalue weighted by Crippen LogP contribution is 2.16. The lowest BCUT2D eigenvalue weighted by atomic mass is 9.95. The molecule has 0 amide bonds. The average Bonchev–Trinajstić information content (AvgIpc) is 1.95. The average molecular weight is 199 g/mol. The largest absolute Gasteiger partial charge is 0.396 e. The monoisotopic (exact) mass is 198 g/mol. The van der Waals surface area contributed by atoms with Gasteiger partial charge in [0.15, 0.2) is 0 Å². The Kier molecular flexibility index (Phi) is 4.39. The van der Waals surface area contributed by atoms with E-state index in [1.165, 1.54) is 0 Å². The van der Waals surface area contributed by atoms with Gasteiger partial charge >= 0.3 is 0 Å². The Bertz CT molecular complexity index is 55.1. The van der Waals surface area contributed by atoms with Crippen LogP contribution in [0.25, 0.3) is 0 Å². The summed E-state index contributed by atoms with van der Waals surface area (Å²) in [7, 11) is 0. The molecule has 0 aliphatic heterocycles. The van der Waals surface area contributed by atoms with Crippen molar-refractivity contribution in [1.82, 2.24) is 0 Å². The first-order valence-electron chi connectivity index (χ1n) is 2.63. The minimum Gasteiger partial charge on any atom is -0.396 e. The molecular weight excluding hydrogens is 188 g/mol. The zero-order valence-corrected chi connectivity index (χ0v) is 6.63. The third kappa shape index (κ3) is 2.21. The van der Waals surface area contributed by atoms with Gasteiger partial charge in [0.05, 0.1) is 19.8 Å². The van der Waals surface area contributed by atoms with Gasteiger partial charge in [0, 0.05) is 10.7 Å². The molecule has 4 heteroatoms. The van der Waals surface area contributed by atoms with Gasteiger partial charge in [-0.1, -0.05) is 15.9 Å². The van der Waals surface area contributed by atoms with E-state index in [1.807, 2.05) is 0 Å². The minimum absolute atomic E-state index is 0.203. The highest BCUT2D eigenvalue weighted by atomic mass is 79.9. The van der Waals surface area contributed by atoms with Crippen molar-refractivity contribution in [3.05, 3.63) is 0 Å². The summed E-state index contributed by atoms with van der Waals surface area (Å²) < 4.78 is 0. The quantitative estimate of drug-likeness (QED) is 0.527. The fourth-order valence-electron chi connectivity index (χ4n) is 0.277. The van der Waals surface area contributed by atoms with Crippen LogP contribution in [0.15, 0.2) is 0 Å². The molecule has 0 fully saturated rings. The highest BCUT2D eigenvalue weighted by Gasteiger charge is 2.25. The molecule has 3 nitrogen and oxygen atoms in total. The molecule has 0 radical (unpaired) electrons. The molecule has 0 aromatic rings. The molecule has 0 saturated heterocycles. The molecule has 0 heterocycles. The third-order valence-electron chi connectivity index (χ3n) is 1.29. The van der Waals surface area contributed by atoms with E-state index in [0.29, 0.717) is 5.33 Å². The Hall–Kier alpha value is 0.360. The molecule has 0 rings (SSSR count). The summed E-state index contributed by atoms with van der Waals surface area (Å²) in [6.07, 6.45) is 0. The topological polar surface area (TPSA) is 60.7 Å². The second kappa shape index (κ2) is 4.22. The van der Waals surface area contributed by atoms with Crippen LogP contribution in [0, 0.1) is 5.41 Å². The van der Waals surface area contributed by atoms with Gasteiger partial charge in [0.1, 0.15) is 0 Å². The Morgan fingerprint density at radius 2 is 1.33 bits per heavy atom. The molecule has 0 aromatic carbocycles. The molecule has 0 spiro atoms. The minimum atomic E-state index is -0.750. The molecule has 0 aliphatic rings. The summed E-state index contributed by atoms with van der Waals surface area (Å²) >= 11 is 3.07. The summed E-state index contributed by atoms with van der Waals surface area (Å²) in [5, 5.41) is 26.3. The molecule has 0 atom stereocenters. The second-order valence-corrected chi connectivity index (χ2v) is 2.67. The summed E-state index contributed by atoms with van der Waals surface area (Å²) in [4.78, 5) is 0. The number of alkyl halides is 1. The van der Waals surface area contributed by atoms with E-state index in [2.05, 4.69) is 15.9 Å². The molecule has 0 unspecified atom stereocenters. The smallest absolute Gasteiger partial charge is 0.0539 e. The van der Waals surface area contributed by atoms with E-state index in [1.54, 1.807) is 0 Å². The normalized spacial score (nSPS) is 12.0. The molecule has 56 valence electrons. The fraction of sp³-hybridized carbons (Fsp3) is 1.00. The molecule has 3 N–H and O–H groups in total. The molecule has 0 aromatic heterocycles. The van der Waals surface area contributed by atoms with Crippen LogP contribution in [0.3, 0.4) is 0 Å². The van der Waals surface area contributed by atoms with E-state index in [9.17, 15) is 0 Å². The van der Waals surface area contributed by atoms with Crippen LogP contribution < -0.4 is 0 Å². The van der Waals surface area contributed by atoms with Crippen LogP contribution in [0.2, 0.25) is 0 Å². The number of rotatable bonds is 4. The Morgan fingerprint density at radius 1 is 1.00 bits per heavy atom. The standard InChI is InChI=1S/C5H11BrO3/c6-1-5(2-7,3-8)4-9/h7-9H,1-4H2. The number of hydrogen-bond acceptors (Lipinski definition) is 3. The van der Waals surface area contributed by atoms with Crippen molar-refractivity contribution >= 4 is 15.9 Å². The van der Waals surface area contributed by atoms with E-state index >= 15 is 0 Å². The van der Waals surface area contributed by atoms with Gasteiger partial charge in [0.25, 0.3) is 0 Å². The van der Waals surface area contributed by atoms with Crippen molar-refractivity contribution < 1.29 is 15.3 Å². The maximum atomic E-state index is 8.63. The molecule has 0 saturated carbocycles. The van der Waals surface area contributed by atoms with Crippen molar-refractivity contribution in [1.29, 1.82) is 0 Å². The van der Waals surface area contributed by atoms with Crippen molar-refractivity contribution in [3.63, 3.8) is 0 Å². The zero-order valence-electron chi connectivity index (χ0n) is 5.05. The van der Waals surface area contributed by atoms with Crippen molar-refractivity contribution in [3.8, 4) is 0 Å². The lowest BCUT2D eigenvalue weighted by Crippen LogP contribution is -2.35. The van der Waals surface area contributed by atoms with Crippen LogP contribution >= 0.6 is 15.9 Å². The van der Waals surface area contributed by atoms with Crippen molar-refractivity contribution in [2.75, 3.05) is 25.2 Å². The lowest BCUT2D eigenvalue weighted by molar-refractivity contribution is 0.0246. The van der Waals surface area contributed by atoms with E-state index in [0.717, 1.165) is 0 Å². The van der Waals surface area contributed by atoms with Gasteiger partial charge in [-0.15, -0.1) is 0 Å². The van der Waals surface area contributed by atoms with Crippen molar-refractivity contribution in [2.24, 2.45) is 5.41 Å². The molecule has 9 heavy (non-hydrogen) atoms. The Labute approximate surface area is 62.4 Å². The summed E-state index contributed by atoms with van der Waals surface area (Å²) in [5.41, 5.74) is -0.750. The number of hydrogen-bond donors (Lipinski definition) is 3.